The molecule has 0 aliphatic carbocycles. The Kier molecular flexibility index (Phi) is 6.81. The summed E-state index contributed by atoms with van der Waals surface area (Å²) in [6.45, 7) is 10.5. The van der Waals surface area contributed by atoms with Crippen molar-refractivity contribution < 1.29 is 0 Å². The number of rotatable bonds is 4. The van der Waals surface area contributed by atoms with Gasteiger partial charge in [0.1, 0.15) is 0 Å². The van der Waals surface area contributed by atoms with Gasteiger partial charge in [0.25, 0.3) is 0 Å². The van der Waals surface area contributed by atoms with Crippen molar-refractivity contribution in [2.45, 2.75) is 20.8 Å². The Morgan fingerprint density at radius 1 is 0.900 bits per heavy atom. The minimum absolute atomic E-state index is 0.932. The number of nitrogens with zero attached hydrogens (tertiary/aromatic N) is 2. The maximum absolute atomic E-state index is 4.89. The number of aromatic nitrogens is 2. The van der Waals surface area contributed by atoms with Crippen LogP contribution in [0.2, 0.25) is 0 Å². The fourth-order valence-corrected chi connectivity index (χ4v) is 3.44. The summed E-state index contributed by atoms with van der Waals surface area (Å²) in [6.07, 6.45) is 4.95. The lowest BCUT2D eigenvalue weighted by Gasteiger charge is -2.12. The van der Waals surface area contributed by atoms with Crippen LogP contribution >= 0.6 is 0 Å². The summed E-state index contributed by atoms with van der Waals surface area (Å²) in [5.41, 5.74) is 13.8. The molecule has 0 saturated carbocycles. The molecule has 4 nitrogen and oxygen atoms in total. The summed E-state index contributed by atoms with van der Waals surface area (Å²) in [6, 6.07) is 19.2. The maximum Gasteiger partial charge on any atom is 0.0743 e. The number of anilines is 1. The Balaban J connectivity index is 0.000000806. The van der Waals surface area contributed by atoms with Gasteiger partial charge in [-0.25, -0.2) is 4.98 Å². The number of nitrogens with one attached hydrogen (secondary N) is 1. The van der Waals surface area contributed by atoms with Crippen LogP contribution in [0, 0.1) is 13.8 Å². The third kappa shape index (κ3) is 4.49. The number of hydrogen-bond acceptors (Lipinski definition) is 4. The molecule has 0 aliphatic rings. The van der Waals surface area contributed by atoms with Gasteiger partial charge in [0.15, 0.2) is 0 Å². The highest BCUT2D eigenvalue weighted by Gasteiger charge is 2.11. The lowest BCUT2D eigenvalue weighted by Crippen LogP contribution is -1.96. The first-order valence-corrected chi connectivity index (χ1v) is 10.1. The van der Waals surface area contributed by atoms with Crippen molar-refractivity contribution in [3.8, 4) is 22.4 Å². The highest BCUT2D eigenvalue weighted by molar-refractivity contribution is 5.86. The molecule has 3 N–H and O–H groups in total. The van der Waals surface area contributed by atoms with E-state index in [-0.39, 0.29) is 0 Å². The van der Waals surface area contributed by atoms with Gasteiger partial charge in [-0.15, -0.1) is 0 Å². The Labute approximate surface area is 178 Å². The van der Waals surface area contributed by atoms with Gasteiger partial charge in [0.05, 0.1) is 11.2 Å². The zero-order valence-electron chi connectivity index (χ0n) is 17.8. The molecule has 4 aromatic rings. The van der Waals surface area contributed by atoms with Crippen LogP contribution in [0.15, 0.2) is 79.8 Å². The maximum atomic E-state index is 4.89. The van der Waals surface area contributed by atoms with Crippen molar-refractivity contribution in [2.75, 3.05) is 11.9 Å². The van der Waals surface area contributed by atoms with Crippen molar-refractivity contribution in [2.24, 2.45) is 5.73 Å². The Bertz CT molecular complexity index is 1130. The van der Waals surface area contributed by atoms with Gasteiger partial charge in [-0.2, -0.15) is 0 Å². The SMILES string of the molecule is C=CN.CCNc1ccc(-c2ccc(-c3nc4ccncc4c(C)c3C)cc2)cc1. The Hall–Kier alpha value is -3.66. The summed E-state index contributed by atoms with van der Waals surface area (Å²) in [4.78, 5) is 9.13. The van der Waals surface area contributed by atoms with E-state index in [0.29, 0.717) is 0 Å². The van der Waals surface area contributed by atoms with E-state index in [2.05, 4.69) is 91.9 Å². The summed E-state index contributed by atoms with van der Waals surface area (Å²) in [5, 5.41) is 4.45. The smallest absolute Gasteiger partial charge is 0.0743 e. The number of benzene rings is 2. The molecule has 0 unspecified atom stereocenters. The molecule has 0 spiro atoms. The normalized spacial score (nSPS) is 10.2. The van der Waals surface area contributed by atoms with Gasteiger partial charge in [0.2, 0.25) is 0 Å². The van der Waals surface area contributed by atoms with E-state index >= 15 is 0 Å². The second-order valence-electron chi connectivity index (χ2n) is 7.02. The first kappa shape index (κ1) is 21.1. The zero-order valence-corrected chi connectivity index (χ0v) is 17.8. The molecule has 0 bridgehead atoms. The van der Waals surface area contributed by atoms with Crippen molar-refractivity contribution in [1.29, 1.82) is 0 Å². The van der Waals surface area contributed by atoms with Crippen LogP contribution in [0.4, 0.5) is 5.69 Å². The second-order valence-corrected chi connectivity index (χ2v) is 7.02. The summed E-state index contributed by atoms with van der Waals surface area (Å²) < 4.78 is 0. The molecule has 2 aromatic heterocycles. The zero-order chi connectivity index (χ0) is 21.5. The highest BCUT2D eigenvalue weighted by atomic mass is 14.8. The van der Waals surface area contributed by atoms with Crippen molar-refractivity contribution in [3.05, 3.63) is 90.9 Å². The number of pyridine rings is 2. The number of hydrogen-bond donors (Lipinski definition) is 2. The van der Waals surface area contributed by atoms with Crippen molar-refractivity contribution >= 4 is 16.6 Å². The second kappa shape index (κ2) is 9.70. The lowest BCUT2D eigenvalue weighted by molar-refractivity contribution is 1.21. The Morgan fingerprint density at radius 2 is 1.47 bits per heavy atom. The van der Waals surface area contributed by atoms with Gasteiger partial charge < -0.3 is 11.1 Å². The van der Waals surface area contributed by atoms with Crippen LogP contribution in [-0.4, -0.2) is 16.5 Å². The molecule has 0 atom stereocenters. The van der Waals surface area contributed by atoms with Gasteiger partial charge >= 0.3 is 0 Å². The fraction of sp³-hybridized carbons (Fsp3) is 0.154. The predicted molar refractivity (Wildman–Crippen MR) is 128 cm³/mol. The number of aryl methyl sites for hydroxylation is 1. The van der Waals surface area contributed by atoms with Crippen LogP contribution < -0.4 is 11.1 Å². The first-order valence-electron chi connectivity index (χ1n) is 10.1. The van der Waals surface area contributed by atoms with Crippen LogP contribution in [0.1, 0.15) is 18.1 Å². The minimum Gasteiger partial charge on any atom is -0.405 e. The summed E-state index contributed by atoms with van der Waals surface area (Å²) in [7, 11) is 0. The van der Waals surface area contributed by atoms with Gasteiger partial charge in [0, 0.05) is 35.6 Å². The largest absolute Gasteiger partial charge is 0.405 e. The quantitative estimate of drug-likeness (QED) is 0.437. The van der Waals surface area contributed by atoms with E-state index in [1.54, 1.807) is 6.20 Å². The molecule has 0 fully saturated rings. The third-order valence-corrected chi connectivity index (χ3v) is 5.11. The molecule has 30 heavy (non-hydrogen) atoms. The lowest BCUT2D eigenvalue weighted by atomic mass is 9.97. The molecule has 152 valence electrons. The standard InChI is InChI=1S/C24H23N3.C2H5N/c1-4-26-21-11-9-19(10-12-21)18-5-7-20(8-6-18)24-17(3)16(2)22-15-25-14-13-23(22)27-24;1-2-3/h5-15,26H,4H2,1-3H3;2H,1,3H2. The first-order chi connectivity index (χ1) is 14.6. The third-order valence-electron chi connectivity index (χ3n) is 5.11. The van der Waals surface area contributed by atoms with Crippen molar-refractivity contribution in [1.82, 2.24) is 9.97 Å². The van der Waals surface area contributed by atoms with Crippen LogP contribution in [-0.2, 0) is 0 Å². The Morgan fingerprint density at radius 3 is 2.07 bits per heavy atom. The van der Waals surface area contributed by atoms with E-state index in [1.165, 1.54) is 28.5 Å². The van der Waals surface area contributed by atoms with Crippen LogP contribution in [0.25, 0.3) is 33.3 Å². The minimum atomic E-state index is 0.932. The van der Waals surface area contributed by atoms with E-state index in [0.717, 1.165) is 34.4 Å². The molecule has 4 heteroatoms. The number of nitrogens with two attached hydrogens (primary N) is 1. The number of fused-ring (bicyclic) bond motifs is 1. The average molecular weight is 397 g/mol. The summed E-state index contributed by atoms with van der Waals surface area (Å²) >= 11 is 0. The van der Waals surface area contributed by atoms with E-state index < -0.39 is 0 Å². The average Bonchev–Trinajstić information content (AvgIpc) is 2.78. The predicted octanol–water partition coefficient (Wildman–Crippen LogP) is 6.10. The molecular formula is C26H28N4. The van der Waals surface area contributed by atoms with Gasteiger partial charge in [-0.1, -0.05) is 43.0 Å². The molecule has 4 rings (SSSR count). The fourth-order valence-electron chi connectivity index (χ4n) is 3.44. The summed E-state index contributed by atoms with van der Waals surface area (Å²) in [5.74, 6) is 0. The molecule has 0 aliphatic heterocycles. The van der Waals surface area contributed by atoms with Crippen molar-refractivity contribution in [3.63, 3.8) is 0 Å². The van der Waals surface area contributed by atoms with Crippen LogP contribution in [0.3, 0.4) is 0 Å². The molecule has 0 saturated heterocycles. The molecule has 2 aromatic carbocycles. The van der Waals surface area contributed by atoms with E-state index in [1.807, 2.05) is 12.3 Å². The van der Waals surface area contributed by atoms with E-state index in [9.17, 15) is 0 Å². The monoisotopic (exact) mass is 396 g/mol. The van der Waals surface area contributed by atoms with E-state index in [4.69, 9.17) is 4.98 Å². The topological polar surface area (TPSA) is 63.8 Å². The highest BCUT2D eigenvalue weighted by Crippen LogP contribution is 2.30. The molecular weight excluding hydrogens is 368 g/mol. The van der Waals surface area contributed by atoms with Gasteiger partial charge in [-0.3, -0.25) is 4.98 Å². The van der Waals surface area contributed by atoms with Gasteiger partial charge in [-0.05, 0) is 67.4 Å². The molecule has 0 amide bonds. The molecule has 2 heterocycles. The molecule has 0 radical (unpaired) electrons. The van der Waals surface area contributed by atoms with Crippen LogP contribution in [0.5, 0.6) is 0 Å².